The van der Waals surface area contributed by atoms with Gasteiger partial charge >= 0.3 is 5.97 Å². The maximum atomic E-state index is 13.1. The highest BCUT2D eigenvalue weighted by molar-refractivity contribution is 8.00. The highest BCUT2D eigenvalue weighted by Crippen LogP contribution is 2.43. The first-order valence-electron chi connectivity index (χ1n) is 8.38. The molecule has 2 aliphatic rings. The zero-order chi connectivity index (χ0) is 20.0. The number of nitro benzene ring substituents is 1. The van der Waals surface area contributed by atoms with Crippen LogP contribution in [0.2, 0.25) is 0 Å². The highest BCUT2D eigenvalue weighted by Gasteiger charge is 2.51. The van der Waals surface area contributed by atoms with Crippen LogP contribution in [0.25, 0.3) is 11.3 Å². The number of carboxylic acid groups (broad SMARTS) is 1. The molecule has 0 spiro atoms. The van der Waals surface area contributed by atoms with E-state index in [1.54, 1.807) is 40.9 Å². The number of non-ortho nitro benzene ring substituents is 1. The molecule has 8 nitrogen and oxygen atoms in total. The summed E-state index contributed by atoms with van der Waals surface area (Å²) in [5.41, 5.74) is 0.629. The molecular formula is C18H14N2O6S2. The summed E-state index contributed by atoms with van der Waals surface area (Å²) in [6, 6.07) is 8.41. The number of rotatable bonds is 5. The second kappa shape index (κ2) is 7.12. The van der Waals surface area contributed by atoms with Gasteiger partial charge in [0.25, 0.3) is 5.69 Å². The number of ketones is 1. The van der Waals surface area contributed by atoms with Crippen LogP contribution in [0, 0.1) is 10.1 Å². The second-order valence-corrected chi connectivity index (χ2v) is 8.20. The lowest BCUT2D eigenvalue weighted by Gasteiger charge is -2.33. The quantitative estimate of drug-likeness (QED) is 0.445. The molecule has 2 bridgehead atoms. The van der Waals surface area contributed by atoms with Gasteiger partial charge in [-0.15, -0.1) is 11.8 Å². The normalized spacial score (nSPS) is 26.2. The van der Waals surface area contributed by atoms with E-state index in [-0.39, 0.29) is 21.6 Å². The molecule has 1 N–H and O–H groups in total. The first-order chi connectivity index (χ1) is 13.4. The van der Waals surface area contributed by atoms with Crippen molar-refractivity contribution in [2.45, 2.75) is 17.2 Å². The first-order valence-corrected chi connectivity index (χ1v) is 9.83. The summed E-state index contributed by atoms with van der Waals surface area (Å²) in [7, 11) is 0. The number of furan rings is 1. The molecule has 0 aliphatic carbocycles. The van der Waals surface area contributed by atoms with Crippen LogP contribution < -0.4 is 0 Å². The standard InChI is InChI=1S/C18H14N2O6S2/c21-16-14(13-7-19(8-28-13)15(16)17(27)18(22)23)12-6-5-11(26-12)9-1-3-10(4-2-9)20(24)25/h1-6,13-15H,7-8H2,(H,22,23). The molecule has 0 amide bonds. The summed E-state index contributed by atoms with van der Waals surface area (Å²) in [6.07, 6.45) is 0. The molecular weight excluding hydrogens is 404 g/mol. The minimum atomic E-state index is -1.26. The van der Waals surface area contributed by atoms with E-state index in [2.05, 4.69) is 0 Å². The molecule has 10 heteroatoms. The lowest BCUT2D eigenvalue weighted by Crippen LogP contribution is -2.54. The number of benzene rings is 1. The lowest BCUT2D eigenvalue weighted by molar-refractivity contribution is -0.384. The third-order valence-electron chi connectivity index (χ3n) is 4.94. The van der Waals surface area contributed by atoms with E-state index in [0.717, 1.165) is 0 Å². The van der Waals surface area contributed by atoms with Gasteiger partial charge in [0.15, 0.2) is 5.78 Å². The fraction of sp³-hybridized carbons (Fsp3) is 0.278. The number of fused-ring (bicyclic) bond motifs is 2. The Hall–Kier alpha value is -2.56. The molecule has 2 fully saturated rings. The molecule has 2 aliphatic heterocycles. The molecule has 1 aromatic carbocycles. The van der Waals surface area contributed by atoms with Crippen molar-refractivity contribution in [3.8, 4) is 11.3 Å². The molecule has 0 radical (unpaired) electrons. The minimum Gasteiger partial charge on any atom is -0.477 e. The maximum absolute atomic E-state index is 13.1. The van der Waals surface area contributed by atoms with E-state index in [9.17, 15) is 24.8 Å². The molecule has 2 aromatic rings. The van der Waals surface area contributed by atoms with Gasteiger partial charge in [0.1, 0.15) is 22.4 Å². The summed E-state index contributed by atoms with van der Waals surface area (Å²) >= 11 is 6.58. The predicted molar refractivity (Wildman–Crippen MR) is 106 cm³/mol. The summed E-state index contributed by atoms with van der Waals surface area (Å²) in [6.45, 7) is 0.562. The number of carbonyl (C=O) groups is 2. The Morgan fingerprint density at radius 3 is 2.64 bits per heavy atom. The smallest absolute Gasteiger partial charge is 0.344 e. The number of hydrogen-bond acceptors (Lipinski definition) is 8. The average molecular weight is 418 g/mol. The number of carboxylic acids is 1. The Balaban J connectivity index is 1.64. The summed E-state index contributed by atoms with van der Waals surface area (Å²) < 4.78 is 5.91. The molecule has 0 saturated carbocycles. The topological polar surface area (TPSA) is 114 Å². The van der Waals surface area contributed by atoms with Gasteiger partial charge in [0, 0.05) is 35.4 Å². The Bertz CT molecular complexity index is 986. The second-order valence-electron chi connectivity index (χ2n) is 6.56. The van der Waals surface area contributed by atoms with Crippen molar-refractivity contribution in [1.29, 1.82) is 0 Å². The third-order valence-corrected chi connectivity index (χ3v) is 6.66. The Labute approximate surface area is 168 Å². The number of thioether (sulfide) groups is 1. The van der Waals surface area contributed by atoms with Gasteiger partial charge in [-0.05, 0) is 24.3 Å². The number of nitrogens with zero attached hydrogens (tertiary/aromatic N) is 2. The molecule has 3 heterocycles. The zero-order valence-electron chi connectivity index (χ0n) is 14.3. The maximum Gasteiger partial charge on any atom is 0.344 e. The van der Waals surface area contributed by atoms with Crippen molar-refractivity contribution in [2.24, 2.45) is 0 Å². The summed E-state index contributed by atoms with van der Waals surface area (Å²) in [5, 5.41) is 20.0. The fourth-order valence-electron chi connectivity index (χ4n) is 3.60. The van der Waals surface area contributed by atoms with Gasteiger partial charge in [-0.2, -0.15) is 0 Å². The van der Waals surface area contributed by atoms with Gasteiger partial charge in [-0.25, -0.2) is 4.79 Å². The monoisotopic (exact) mass is 418 g/mol. The van der Waals surface area contributed by atoms with Gasteiger partial charge < -0.3 is 9.52 Å². The predicted octanol–water partition coefficient (Wildman–Crippen LogP) is 2.72. The number of hydrogen-bond donors (Lipinski definition) is 1. The number of carbonyl (C=O) groups excluding carboxylic acids is 1. The Morgan fingerprint density at radius 1 is 1.29 bits per heavy atom. The first kappa shape index (κ1) is 18.8. The zero-order valence-corrected chi connectivity index (χ0v) is 15.9. The van der Waals surface area contributed by atoms with E-state index < -0.39 is 22.9 Å². The van der Waals surface area contributed by atoms with Crippen LogP contribution >= 0.6 is 24.0 Å². The lowest BCUT2D eigenvalue weighted by atomic mass is 9.86. The average Bonchev–Trinajstić information content (AvgIpc) is 3.31. The number of piperidine rings is 1. The van der Waals surface area contributed by atoms with Crippen LogP contribution in [-0.4, -0.2) is 55.3 Å². The largest absolute Gasteiger partial charge is 0.477 e. The van der Waals surface area contributed by atoms with Crippen LogP contribution in [0.1, 0.15) is 11.7 Å². The van der Waals surface area contributed by atoms with Crippen molar-refractivity contribution in [3.05, 3.63) is 52.3 Å². The van der Waals surface area contributed by atoms with Crippen LogP contribution in [0.15, 0.2) is 40.8 Å². The van der Waals surface area contributed by atoms with Crippen LogP contribution in [-0.2, 0) is 9.59 Å². The SMILES string of the molecule is O=C(O)C(=S)C1C(=O)C(c2ccc(-c3ccc([N+](=O)[O-])cc3)o2)C2CN1CS2. The van der Waals surface area contributed by atoms with Gasteiger partial charge in [-0.1, -0.05) is 12.2 Å². The molecule has 144 valence electrons. The van der Waals surface area contributed by atoms with Crippen LogP contribution in [0.3, 0.4) is 0 Å². The molecule has 2 saturated heterocycles. The molecule has 4 atom stereocenters. The molecule has 28 heavy (non-hydrogen) atoms. The number of aliphatic carboxylic acids is 1. The third kappa shape index (κ3) is 3.13. The number of thiocarbonyl (C=S) groups is 1. The molecule has 1 aromatic heterocycles. The highest BCUT2D eigenvalue weighted by atomic mass is 32.2. The number of Topliss-reactive ketones (excluding diaryl/α,β-unsaturated/α-hetero) is 1. The number of nitro groups is 1. The van der Waals surface area contributed by atoms with Crippen molar-refractivity contribution in [2.75, 3.05) is 12.4 Å². The van der Waals surface area contributed by atoms with E-state index >= 15 is 0 Å². The van der Waals surface area contributed by atoms with Crippen molar-refractivity contribution in [3.63, 3.8) is 0 Å². The van der Waals surface area contributed by atoms with Crippen molar-refractivity contribution >= 4 is 46.3 Å². The molecule has 4 rings (SSSR count). The Kier molecular flexibility index (Phi) is 4.77. The van der Waals surface area contributed by atoms with E-state index in [1.165, 1.54) is 12.1 Å². The van der Waals surface area contributed by atoms with Crippen molar-refractivity contribution < 1.29 is 24.0 Å². The van der Waals surface area contributed by atoms with E-state index in [4.69, 9.17) is 16.6 Å². The van der Waals surface area contributed by atoms with Crippen LogP contribution in [0.5, 0.6) is 0 Å². The van der Waals surface area contributed by atoms with Gasteiger partial charge in [0.05, 0.1) is 10.8 Å². The summed E-state index contributed by atoms with van der Waals surface area (Å²) in [4.78, 5) is 36.2. The van der Waals surface area contributed by atoms with E-state index in [0.29, 0.717) is 29.5 Å². The van der Waals surface area contributed by atoms with Crippen LogP contribution in [0.4, 0.5) is 5.69 Å². The Morgan fingerprint density at radius 2 is 2.00 bits per heavy atom. The van der Waals surface area contributed by atoms with E-state index in [1.807, 2.05) is 0 Å². The fourth-order valence-corrected chi connectivity index (χ4v) is 5.26. The minimum absolute atomic E-state index is 0.0227. The molecule has 4 unspecified atom stereocenters. The summed E-state index contributed by atoms with van der Waals surface area (Å²) in [5.74, 6) is -0.624. The van der Waals surface area contributed by atoms with Gasteiger partial charge in [0.2, 0.25) is 0 Å². The van der Waals surface area contributed by atoms with Gasteiger partial charge in [-0.3, -0.25) is 19.8 Å². The van der Waals surface area contributed by atoms with Crippen molar-refractivity contribution in [1.82, 2.24) is 4.90 Å².